The molecule has 13 atom stereocenters. The van der Waals surface area contributed by atoms with Gasteiger partial charge in [-0.05, 0) is 35.8 Å². The molecule has 11 N–H and O–H groups in total. The summed E-state index contributed by atoms with van der Waals surface area (Å²) in [5.41, 5.74) is 0.371. The summed E-state index contributed by atoms with van der Waals surface area (Å²) >= 11 is 0. The number of benzene rings is 1. The Morgan fingerprint density at radius 3 is 2.31 bits per heavy atom. The summed E-state index contributed by atoms with van der Waals surface area (Å²) in [7, 11) is 0. The summed E-state index contributed by atoms with van der Waals surface area (Å²) in [5, 5.41) is 108. The lowest BCUT2D eigenvalue weighted by Gasteiger charge is -2.42. The van der Waals surface area contributed by atoms with E-state index in [4.69, 9.17) is 28.8 Å². The number of carbonyl (C=O) groups is 2. The van der Waals surface area contributed by atoms with Crippen LogP contribution in [-0.4, -0.2) is 155 Å². The van der Waals surface area contributed by atoms with Crippen LogP contribution in [0.3, 0.4) is 0 Å². The van der Waals surface area contributed by atoms with E-state index < -0.39 is 117 Å². The van der Waals surface area contributed by atoms with Gasteiger partial charge in [-0.2, -0.15) is 0 Å². The summed E-state index contributed by atoms with van der Waals surface area (Å²) in [6, 6.07) is 3.84. The monoisotopic (exact) mass is 700 g/mol. The maximum atomic E-state index is 13.2. The third-order valence-corrected chi connectivity index (χ3v) is 8.50. The fraction of sp³-hybridized carbons (Fsp3) is 0.548. The van der Waals surface area contributed by atoms with E-state index in [1.54, 1.807) is 0 Å². The topological polar surface area (TPSA) is 303 Å². The highest BCUT2D eigenvalue weighted by Gasteiger charge is 2.53. The highest BCUT2D eigenvalue weighted by molar-refractivity contribution is 5.90. The van der Waals surface area contributed by atoms with E-state index in [1.807, 2.05) is 0 Å². The summed E-state index contributed by atoms with van der Waals surface area (Å²) in [6.07, 6.45) is -15.2. The largest absolute Gasteiger partial charge is 0.504 e. The van der Waals surface area contributed by atoms with Crippen molar-refractivity contribution in [1.82, 2.24) is 0 Å². The quantitative estimate of drug-likeness (QED) is 0.0408. The number of rotatable bonds is 13. The van der Waals surface area contributed by atoms with Crippen LogP contribution >= 0.6 is 0 Å². The molecule has 0 amide bonds. The molecule has 0 bridgehead atoms. The van der Waals surface area contributed by atoms with Gasteiger partial charge in [0.05, 0.1) is 31.0 Å². The Hall–Kier alpha value is -3.66. The maximum absolute atomic E-state index is 13.2. The standard InChI is InChI=1S/C31H40O18/c1-12-20(47-22(38)5-3-13-2-4-16(34)17(35)6-13)7-14-15(29(44)45-11-19(37)25(40)24(39)18(36)8-32)10-46-30(23(12)14)49-31-28(43)27(42)26(41)21(9-33)48-31/h2-6,10,14,18-21,23-28,30-37,39-43H,1,7-9,11H2/b5-3+/t14?,18-,19-,20+,21-,23?,24-,25-,26-,27+,28-,30+,31+/m1/s1. The predicted molar refractivity (Wildman–Crippen MR) is 159 cm³/mol. The van der Waals surface area contributed by atoms with E-state index in [-0.39, 0.29) is 23.3 Å². The molecule has 49 heavy (non-hydrogen) atoms. The van der Waals surface area contributed by atoms with Crippen molar-refractivity contribution in [3.63, 3.8) is 0 Å². The van der Waals surface area contributed by atoms with Crippen molar-refractivity contribution in [3.8, 4) is 11.5 Å². The van der Waals surface area contributed by atoms with E-state index in [1.165, 1.54) is 24.3 Å². The van der Waals surface area contributed by atoms with Crippen LogP contribution in [0.15, 0.2) is 48.3 Å². The normalized spacial score (nSPS) is 32.4. The number of phenolic OH excluding ortho intramolecular Hbond substituents is 2. The molecule has 2 heterocycles. The molecule has 272 valence electrons. The Kier molecular flexibility index (Phi) is 12.7. The molecule has 2 aliphatic heterocycles. The van der Waals surface area contributed by atoms with Crippen LogP contribution in [0.4, 0.5) is 0 Å². The molecule has 1 saturated heterocycles. The molecule has 3 aliphatic rings. The number of aliphatic hydroxyl groups is 9. The first-order valence-electron chi connectivity index (χ1n) is 15.1. The van der Waals surface area contributed by atoms with Gasteiger partial charge in [-0.1, -0.05) is 12.6 Å². The van der Waals surface area contributed by atoms with E-state index in [0.29, 0.717) is 5.56 Å². The van der Waals surface area contributed by atoms with Gasteiger partial charge in [0.15, 0.2) is 17.8 Å². The first-order valence-corrected chi connectivity index (χ1v) is 15.1. The van der Waals surface area contributed by atoms with Gasteiger partial charge < -0.3 is 79.9 Å². The second kappa shape index (κ2) is 16.4. The Morgan fingerprint density at radius 1 is 0.959 bits per heavy atom. The van der Waals surface area contributed by atoms with E-state index in [9.17, 15) is 60.7 Å². The first kappa shape index (κ1) is 38.1. The molecule has 0 radical (unpaired) electrons. The molecular formula is C31H40O18. The van der Waals surface area contributed by atoms with Crippen molar-refractivity contribution in [2.75, 3.05) is 19.8 Å². The number of fused-ring (bicyclic) bond motifs is 1. The second-order valence-corrected chi connectivity index (χ2v) is 11.8. The molecule has 1 aliphatic carbocycles. The van der Waals surface area contributed by atoms with Crippen LogP contribution in [0.5, 0.6) is 11.5 Å². The average Bonchev–Trinajstić information content (AvgIpc) is 3.41. The van der Waals surface area contributed by atoms with Gasteiger partial charge in [0.1, 0.15) is 61.5 Å². The van der Waals surface area contributed by atoms with E-state index in [0.717, 1.165) is 12.3 Å². The third kappa shape index (κ3) is 8.56. The minimum atomic E-state index is -2.01. The highest BCUT2D eigenvalue weighted by Crippen LogP contribution is 2.48. The fourth-order valence-electron chi connectivity index (χ4n) is 5.65. The van der Waals surface area contributed by atoms with Crippen LogP contribution < -0.4 is 0 Å². The summed E-state index contributed by atoms with van der Waals surface area (Å²) in [5.74, 6) is -4.63. The Balaban J connectivity index is 1.52. The van der Waals surface area contributed by atoms with Crippen molar-refractivity contribution in [2.24, 2.45) is 11.8 Å². The van der Waals surface area contributed by atoms with Gasteiger partial charge in [-0.25, -0.2) is 9.59 Å². The fourth-order valence-corrected chi connectivity index (χ4v) is 5.65. The Morgan fingerprint density at radius 2 is 1.65 bits per heavy atom. The lowest BCUT2D eigenvalue weighted by molar-refractivity contribution is -0.339. The van der Waals surface area contributed by atoms with Crippen molar-refractivity contribution in [1.29, 1.82) is 0 Å². The zero-order valence-electron chi connectivity index (χ0n) is 25.8. The van der Waals surface area contributed by atoms with Crippen molar-refractivity contribution in [3.05, 3.63) is 53.8 Å². The van der Waals surface area contributed by atoms with Gasteiger partial charge >= 0.3 is 11.9 Å². The lowest BCUT2D eigenvalue weighted by atomic mass is 9.85. The molecule has 1 aromatic rings. The third-order valence-electron chi connectivity index (χ3n) is 8.50. The van der Waals surface area contributed by atoms with Gasteiger partial charge in [0, 0.05) is 12.0 Å². The molecule has 1 saturated carbocycles. The van der Waals surface area contributed by atoms with Crippen molar-refractivity contribution in [2.45, 2.75) is 73.9 Å². The minimum Gasteiger partial charge on any atom is -0.504 e. The number of hydrogen-bond donors (Lipinski definition) is 11. The van der Waals surface area contributed by atoms with Crippen molar-refractivity contribution >= 4 is 18.0 Å². The minimum absolute atomic E-state index is 0.0888. The molecule has 18 heteroatoms. The number of aromatic hydroxyl groups is 2. The van der Waals surface area contributed by atoms with Gasteiger partial charge in [-0.15, -0.1) is 0 Å². The van der Waals surface area contributed by atoms with Crippen molar-refractivity contribution < 1.29 is 89.4 Å². The molecule has 18 nitrogen and oxygen atoms in total. The van der Waals surface area contributed by atoms with Gasteiger partial charge in [0.25, 0.3) is 0 Å². The Labute approximate surface area is 278 Å². The SMILES string of the molecule is C=C1C2C(C[C@@H]1OC(=O)/C=C/c1ccc(O)c(O)c1)C(C(=O)OC[C@@H](O)[C@@H](O)[C@H](O)[C@H](O)CO)=CO[C@H]2O[C@@H]1O[C@H](CO)[C@@H](O)[C@H](O)[C@H]1O. The van der Waals surface area contributed by atoms with E-state index in [2.05, 4.69) is 6.58 Å². The lowest BCUT2D eigenvalue weighted by Crippen LogP contribution is -2.60. The molecule has 0 aromatic heterocycles. The van der Waals surface area contributed by atoms with E-state index >= 15 is 0 Å². The Bertz CT molecular complexity index is 1390. The summed E-state index contributed by atoms with van der Waals surface area (Å²) in [4.78, 5) is 26.0. The zero-order chi connectivity index (χ0) is 36.2. The summed E-state index contributed by atoms with van der Waals surface area (Å²) < 4.78 is 27.5. The number of ether oxygens (including phenoxy) is 5. The maximum Gasteiger partial charge on any atom is 0.337 e. The molecule has 4 rings (SSSR count). The summed E-state index contributed by atoms with van der Waals surface area (Å²) in [6.45, 7) is 1.46. The van der Waals surface area contributed by atoms with Crippen LogP contribution in [0.2, 0.25) is 0 Å². The first-order chi connectivity index (χ1) is 23.2. The smallest absolute Gasteiger partial charge is 0.337 e. The van der Waals surface area contributed by atoms with Crippen LogP contribution in [0.25, 0.3) is 6.08 Å². The zero-order valence-corrected chi connectivity index (χ0v) is 25.8. The molecular weight excluding hydrogens is 660 g/mol. The van der Waals surface area contributed by atoms with Gasteiger partial charge in [-0.3, -0.25) is 0 Å². The number of carbonyl (C=O) groups excluding carboxylic acids is 2. The number of aliphatic hydroxyl groups excluding tert-OH is 9. The average molecular weight is 701 g/mol. The molecule has 1 aromatic carbocycles. The van der Waals surface area contributed by atoms with Crippen LogP contribution in [0.1, 0.15) is 12.0 Å². The number of phenols is 2. The number of esters is 2. The van der Waals surface area contributed by atoms with Gasteiger partial charge in [0.2, 0.25) is 6.29 Å². The second-order valence-electron chi connectivity index (χ2n) is 11.8. The molecule has 2 fully saturated rings. The molecule has 2 unspecified atom stereocenters. The molecule has 0 spiro atoms. The van der Waals surface area contributed by atoms with Crippen LogP contribution in [-0.2, 0) is 33.3 Å². The predicted octanol–water partition coefficient (Wildman–Crippen LogP) is -3.75. The number of hydrogen-bond acceptors (Lipinski definition) is 18. The van der Waals surface area contributed by atoms with Crippen LogP contribution in [0, 0.1) is 11.8 Å². The highest BCUT2D eigenvalue weighted by atomic mass is 16.8.